The molecule has 2 aromatic carbocycles. The molecular formula is C29H27FN6O3. The van der Waals surface area contributed by atoms with Crippen LogP contribution in [0.1, 0.15) is 28.8 Å². The van der Waals surface area contributed by atoms with Gasteiger partial charge in [-0.1, -0.05) is 6.07 Å². The van der Waals surface area contributed by atoms with E-state index >= 15 is 0 Å². The Balaban J connectivity index is 1.25. The number of hydrogen-bond acceptors (Lipinski definition) is 7. The molecule has 1 atom stereocenters. The minimum Gasteiger partial charge on any atom is -0.481 e. The summed E-state index contributed by atoms with van der Waals surface area (Å²) in [6.07, 6.45) is 6.35. The number of likely N-dealkylation sites (tertiary alicyclic amines) is 1. The number of aliphatic carboxylic acids is 1. The van der Waals surface area contributed by atoms with Crippen LogP contribution in [-0.2, 0) is 11.2 Å². The maximum absolute atomic E-state index is 13.3. The first kappa shape index (κ1) is 25.8. The van der Waals surface area contributed by atoms with Crippen molar-refractivity contribution >= 4 is 35.0 Å². The van der Waals surface area contributed by atoms with E-state index in [4.69, 9.17) is 0 Å². The number of halogens is 1. The molecule has 198 valence electrons. The highest BCUT2D eigenvalue weighted by Crippen LogP contribution is 2.35. The van der Waals surface area contributed by atoms with Crippen molar-refractivity contribution in [3.05, 3.63) is 102 Å². The molecule has 1 saturated heterocycles. The Hall–Kier alpha value is -4.86. The van der Waals surface area contributed by atoms with Crippen LogP contribution in [0.2, 0.25) is 0 Å². The van der Waals surface area contributed by atoms with Gasteiger partial charge >= 0.3 is 5.97 Å². The van der Waals surface area contributed by atoms with Gasteiger partial charge in [-0.25, -0.2) is 9.37 Å². The Bertz CT molecular complexity index is 1450. The van der Waals surface area contributed by atoms with Crippen LogP contribution in [0.5, 0.6) is 0 Å². The number of piperidine rings is 1. The van der Waals surface area contributed by atoms with E-state index in [-0.39, 0.29) is 18.3 Å². The van der Waals surface area contributed by atoms with Crippen molar-refractivity contribution in [3.63, 3.8) is 0 Å². The van der Waals surface area contributed by atoms with Gasteiger partial charge in [0.1, 0.15) is 11.6 Å². The summed E-state index contributed by atoms with van der Waals surface area (Å²) in [6, 6.07) is 18.2. The van der Waals surface area contributed by atoms with E-state index in [1.165, 1.54) is 12.1 Å². The summed E-state index contributed by atoms with van der Waals surface area (Å²) in [5, 5.41) is 16.3. The van der Waals surface area contributed by atoms with E-state index < -0.39 is 11.4 Å². The van der Waals surface area contributed by atoms with Crippen LogP contribution in [0.3, 0.4) is 0 Å². The highest BCUT2D eigenvalue weighted by Gasteiger charge is 2.43. The number of benzene rings is 2. The second-order valence-electron chi connectivity index (χ2n) is 9.55. The predicted octanol–water partition coefficient (Wildman–Crippen LogP) is 5.05. The lowest BCUT2D eigenvalue weighted by Gasteiger charge is -2.40. The fourth-order valence-electron chi connectivity index (χ4n) is 4.77. The summed E-state index contributed by atoms with van der Waals surface area (Å²) in [5.74, 6) is -0.554. The number of nitrogens with zero attached hydrogens (tertiary/aromatic N) is 4. The largest absolute Gasteiger partial charge is 0.481 e. The van der Waals surface area contributed by atoms with Crippen LogP contribution in [0.25, 0.3) is 0 Å². The lowest BCUT2D eigenvalue weighted by molar-refractivity contribution is -0.151. The normalized spacial score (nSPS) is 16.9. The van der Waals surface area contributed by atoms with Gasteiger partial charge in [-0.2, -0.15) is 4.98 Å². The molecule has 1 aliphatic heterocycles. The molecule has 1 unspecified atom stereocenters. The maximum Gasteiger partial charge on any atom is 0.311 e. The van der Waals surface area contributed by atoms with Crippen LogP contribution < -0.4 is 10.6 Å². The van der Waals surface area contributed by atoms with Crippen LogP contribution in [0.15, 0.2) is 85.3 Å². The van der Waals surface area contributed by atoms with Crippen molar-refractivity contribution < 1.29 is 19.1 Å². The average Bonchev–Trinajstić information content (AvgIpc) is 2.95. The molecule has 0 radical (unpaired) electrons. The molecule has 3 N–H and O–H groups in total. The Morgan fingerprint density at radius 2 is 1.72 bits per heavy atom. The van der Waals surface area contributed by atoms with Gasteiger partial charge in [-0.05, 0) is 85.5 Å². The molecular weight excluding hydrogens is 499 g/mol. The predicted molar refractivity (Wildman–Crippen MR) is 145 cm³/mol. The van der Waals surface area contributed by atoms with E-state index in [2.05, 4.69) is 25.6 Å². The zero-order valence-corrected chi connectivity index (χ0v) is 21.0. The number of rotatable bonds is 8. The summed E-state index contributed by atoms with van der Waals surface area (Å²) < 4.78 is 13.1. The highest BCUT2D eigenvalue weighted by atomic mass is 19.1. The molecule has 0 spiro atoms. The van der Waals surface area contributed by atoms with E-state index in [0.717, 1.165) is 5.56 Å². The number of amides is 1. The van der Waals surface area contributed by atoms with Gasteiger partial charge < -0.3 is 20.6 Å². The van der Waals surface area contributed by atoms with Gasteiger partial charge in [0.15, 0.2) is 0 Å². The van der Waals surface area contributed by atoms with Gasteiger partial charge in [-0.15, -0.1) is 0 Å². The molecule has 1 aliphatic rings. The molecule has 0 aliphatic carbocycles. The van der Waals surface area contributed by atoms with Gasteiger partial charge in [0.2, 0.25) is 5.95 Å². The smallest absolute Gasteiger partial charge is 0.311 e. The molecule has 1 fully saturated rings. The van der Waals surface area contributed by atoms with Crippen LogP contribution in [-0.4, -0.2) is 49.9 Å². The van der Waals surface area contributed by atoms with Gasteiger partial charge in [0, 0.05) is 48.6 Å². The molecule has 10 heteroatoms. The first-order chi connectivity index (χ1) is 18.9. The lowest BCUT2D eigenvalue weighted by Crippen LogP contribution is -2.51. The Labute approximate surface area is 224 Å². The number of nitrogens with one attached hydrogen (secondary N) is 2. The number of carboxylic acids is 1. The zero-order chi connectivity index (χ0) is 27.2. The molecule has 4 aromatic rings. The maximum atomic E-state index is 13.3. The highest BCUT2D eigenvalue weighted by molar-refractivity contribution is 5.95. The van der Waals surface area contributed by atoms with E-state index in [9.17, 15) is 19.1 Å². The average molecular weight is 527 g/mol. The van der Waals surface area contributed by atoms with Crippen LogP contribution >= 0.6 is 0 Å². The monoisotopic (exact) mass is 526 g/mol. The minimum atomic E-state index is -1.05. The molecule has 5 rings (SSSR count). The first-order valence-corrected chi connectivity index (χ1v) is 12.5. The Kier molecular flexibility index (Phi) is 7.44. The second-order valence-corrected chi connectivity index (χ2v) is 9.55. The number of aromatic nitrogens is 3. The molecule has 3 heterocycles. The number of hydrogen-bond donors (Lipinski definition) is 3. The molecule has 39 heavy (non-hydrogen) atoms. The molecule has 0 saturated carbocycles. The number of carbonyl (C=O) groups is 2. The number of anilines is 4. The topological polar surface area (TPSA) is 120 Å². The van der Waals surface area contributed by atoms with E-state index in [1.54, 1.807) is 72.0 Å². The van der Waals surface area contributed by atoms with Crippen LogP contribution in [0.4, 0.5) is 27.5 Å². The van der Waals surface area contributed by atoms with Crippen molar-refractivity contribution in [2.45, 2.75) is 19.3 Å². The SMILES string of the molecule is O=C(c1ccc(Nc2nccc(Nc3ccc(F)cc3)n2)cc1)N1CCCC(Cc2cccnc2)(C(=O)O)C1. The first-order valence-electron chi connectivity index (χ1n) is 12.5. The lowest BCUT2D eigenvalue weighted by atomic mass is 9.75. The van der Waals surface area contributed by atoms with E-state index in [1.807, 2.05) is 6.07 Å². The van der Waals surface area contributed by atoms with E-state index in [0.29, 0.717) is 54.5 Å². The fourth-order valence-corrected chi connectivity index (χ4v) is 4.77. The second kappa shape index (κ2) is 11.3. The van der Waals surface area contributed by atoms with Crippen molar-refractivity contribution in [2.75, 3.05) is 23.7 Å². The third kappa shape index (κ3) is 6.18. The van der Waals surface area contributed by atoms with Crippen molar-refractivity contribution in [1.82, 2.24) is 19.9 Å². The van der Waals surface area contributed by atoms with Crippen molar-refractivity contribution in [3.8, 4) is 0 Å². The third-order valence-corrected chi connectivity index (χ3v) is 6.74. The zero-order valence-electron chi connectivity index (χ0n) is 21.0. The number of pyridine rings is 1. The number of carbonyl (C=O) groups excluding carboxylic acids is 1. The summed E-state index contributed by atoms with van der Waals surface area (Å²) >= 11 is 0. The summed E-state index contributed by atoms with van der Waals surface area (Å²) in [7, 11) is 0. The molecule has 9 nitrogen and oxygen atoms in total. The molecule has 2 aromatic heterocycles. The van der Waals surface area contributed by atoms with Gasteiger partial charge in [0.05, 0.1) is 5.41 Å². The van der Waals surface area contributed by atoms with Crippen molar-refractivity contribution in [1.29, 1.82) is 0 Å². The summed E-state index contributed by atoms with van der Waals surface area (Å²) in [4.78, 5) is 40.0. The van der Waals surface area contributed by atoms with Gasteiger partial charge in [0.25, 0.3) is 5.91 Å². The Morgan fingerprint density at radius 3 is 2.44 bits per heavy atom. The summed E-state index contributed by atoms with van der Waals surface area (Å²) in [5.41, 5.74) is 1.62. The third-order valence-electron chi connectivity index (χ3n) is 6.74. The standard InChI is InChI=1S/C29H27FN6O3/c30-22-6-10-23(11-7-22)33-25-12-15-32-28(35-25)34-24-8-4-21(5-9-24)26(37)36-16-2-13-29(19-36,27(38)39)17-20-3-1-14-31-18-20/h1,3-12,14-15,18H,2,13,16-17,19H2,(H,38,39)(H2,32,33,34,35). The Morgan fingerprint density at radius 1 is 0.974 bits per heavy atom. The fraction of sp³-hybridized carbons (Fsp3) is 0.207. The van der Waals surface area contributed by atoms with Crippen LogP contribution in [0, 0.1) is 11.2 Å². The molecule has 1 amide bonds. The number of carboxylic acid groups (broad SMARTS) is 1. The van der Waals surface area contributed by atoms with Gasteiger partial charge in [-0.3, -0.25) is 14.6 Å². The quantitative estimate of drug-likeness (QED) is 0.292. The molecule has 0 bridgehead atoms. The van der Waals surface area contributed by atoms with Crippen molar-refractivity contribution in [2.24, 2.45) is 5.41 Å². The minimum absolute atomic E-state index is 0.137. The summed E-state index contributed by atoms with van der Waals surface area (Å²) in [6.45, 7) is 0.639.